The first-order chi connectivity index (χ1) is 10.9. The van der Waals surface area contributed by atoms with Crippen LogP contribution in [0.2, 0.25) is 0 Å². The van der Waals surface area contributed by atoms with Gasteiger partial charge in [-0.15, -0.1) is 0 Å². The monoisotopic (exact) mass is 292 g/mol. The Morgan fingerprint density at radius 1 is 0.909 bits per heavy atom. The highest BCUT2D eigenvalue weighted by molar-refractivity contribution is 5.80. The molecule has 3 heteroatoms. The van der Waals surface area contributed by atoms with Gasteiger partial charge in [-0.1, -0.05) is 48.5 Å². The Morgan fingerprint density at radius 3 is 2.50 bits per heavy atom. The van der Waals surface area contributed by atoms with Crippen molar-refractivity contribution >= 4 is 16.7 Å². The van der Waals surface area contributed by atoms with E-state index in [-0.39, 0.29) is 12.5 Å². The summed E-state index contributed by atoms with van der Waals surface area (Å²) < 4.78 is 0. The highest BCUT2D eigenvalue weighted by Crippen LogP contribution is 2.21. The van der Waals surface area contributed by atoms with E-state index in [1.54, 1.807) is 0 Å². The molecular formula is C19H20N2O. The van der Waals surface area contributed by atoms with Crippen molar-refractivity contribution in [2.45, 2.75) is 12.3 Å². The molecule has 3 nitrogen and oxygen atoms in total. The maximum atomic E-state index is 9.29. The number of aliphatic hydroxyl groups excluding tert-OH is 1. The Labute approximate surface area is 130 Å². The largest absolute Gasteiger partial charge is 0.396 e. The lowest BCUT2D eigenvalue weighted by Gasteiger charge is -2.17. The SMILES string of the molecule is OCCC(CNc1ccc2ccccc2n1)c1ccccc1. The molecular weight excluding hydrogens is 272 g/mol. The van der Waals surface area contributed by atoms with Crippen molar-refractivity contribution in [1.82, 2.24) is 4.98 Å². The highest BCUT2D eigenvalue weighted by atomic mass is 16.3. The molecule has 1 heterocycles. The average Bonchev–Trinajstić information content (AvgIpc) is 2.59. The average molecular weight is 292 g/mol. The number of nitrogens with one attached hydrogen (secondary N) is 1. The third-order valence-electron chi connectivity index (χ3n) is 3.88. The standard InChI is InChI=1S/C19H20N2O/c22-13-12-17(15-6-2-1-3-7-15)14-20-19-11-10-16-8-4-5-9-18(16)21-19/h1-11,17,22H,12-14H2,(H,20,21). The smallest absolute Gasteiger partial charge is 0.126 e. The van der Waals surface area contributed by atoms with Gasteiger partial charge in [-0.25, -0.2) is 4.98 Å². The number of fused-ring (bicyclic) bond motifs is 1. The van der Waals surface area contributed by atoms with E-state index in [0.717, 1.165) is 29.7 Å². The fraction of sp³-hybridized carbons (Fsp3) is 0.211. The van der Waals surface area contributed by atoms with E-state index in [1.165, 1.54) is 5.56 Å². The van der Waals surface area contributed by atoms with Crippen LogP contribution in [0.3, 0.4) is 0 Å². The van der Waals surface area contributed by atoms with E-state index in [9.17, 15) is 5.11 Å². The third kappa shape index (κ3) is 3.43. The molecule has 0 saturated carbocycles. The minimum Gasteiger partial charge on any atom is -0.396 e. The minimum absolute atomic E-state index is 0.187. The third-order valence-corrected chi connectivity index (χ3v) is 3.88. The van der Waals surface area contributed by atoms with Crippen LogP contribution in [0.15, 0.2) is 66.7 Å². The molecule has 1 aromatic heterocycles. The lowest BCUT2D eigenvalue weighted by atomic mass is 9.96. The van der Waals surface area contributed by atoms with Crippen molar-refractivity contribution in [3.63, 3.8) is 0 Å². The number of benzene rings is 2. The van der Waals surface area contributed by atoms with Crippen LogP contribution in [-0.4, -0.2) is 23.2 Å². The number of hydrogen-bond donors (Lipinski definition) is 2. The van der Waals surface area contributed by atoms with Gasteiger partial charge in [-0.05, 0) is 30.2 Å². The van der Waals surface area contributed by atoms with Crippen molar-refractivity contribution < 1.29 is 5.11 Å². The zero-order chi connectivity index (χ0) is 15.2. The summed E-state index contributed by atoms with van der Waals surface area (Å²) in [5, 5.41) is 13.8. The Balaban J connectivity index is 1.73. The molecule has 2 aromatic carbocycles. The first-order valence-corrected chi connectivity index (χ1v) is 7.62. The second kappa shape index (κ2) is 7.05. The van der Waals surface area contributed by atoms with Crippen LogP contribution in [0, 0.1) is 0 Å². The summed E-state index contributed by atoms with van der Waals surface area (Å²) in [4.78, 5) is 4.63. The predicted octanol–water partition coefficient (Wildman–Crippen LogP) is 3.81. The predicted molar refractivity (Wildman–Crippen MR) is 91.1 cm³/mol. The molecule has 0 fully saturated rings. The molecule has 0 aliphatic heterocycles. The van der Waals surface area contributed by atoms with Gasteiger partial charge in [-0.3, -0.25) is 0 Å². The lowest BCUT2D eigenvalue weighted by molar-refractivity contribution is 0.277. The quantitative estimate of drug-likeness (QED) is 0.726. The molecule has 1 atom stereocenters. The van der Waals surface area contributed by atoms with Gasteiger partial charge in [0.2, 0.25) is 0 Å². The summed E-state index contributed by atoms with van der Waals surface area (Å²) in [5.41, 5.74) is 2.23. The van der Waals surface area contributed by atoms with Gasteiger partial charge < -0.3 is 10.4 Å². The topological polar surface area (TPSA) is 45.1 Å². The van der Waals surface area contributed by atoms with E-state index in [2.05, 4.69) is 34.6 Å². The van der Waals surface area contributed by atoms with Crippen LogP contribution in [-0.2, 0) is 0 Å². The van der Waals surface area contributed by atoms with Crippen molar-refractivity contribution in [2.24, 2.45) is 0 Å². The molecule has 0 radical (unpaired) electrons. The zero-order valence-corrected chi connectivity index (χ0v) is 12.4. The highest BCUT2D eigenvalue weighted by Gasteiger charge is 2.11. The maximum absolute atomic E-state index is 9.29. The summed E-state index contributed by atoms with van der Waals surface area (Å²) in [7, 11) is 0. The van der Waals surface area contributed by atoms with Gasteiger partial charge in [0.15, 0.2) is 0 Å². The van der Waals surface area contributed by atoms with E-state index in [0.29, 0.717) is 0 Å². The first-order valence-electron chi connectivity index (χ1n) is 7.62. The number of aromatic nitrogens is 1. The minimum atomic E-state index is 0.187. The summed E-state index contributed by atoms with van der Waals surface area (Å²) >= 11 is 0. The molecule has 0 aliphatic carbocycles. The Hall–Kier alpha value is -2.39. The second-order valence-corrected chi connectivity index (χ2v) is 5.39. The van der Waals surface area contributed by atoms with Crippen LogP contribution >= 0.6 is 0 Å². The van der Waals surface area contributed by atoms with Crippen molar-refractivity contribution in [2.75, 3.05) is 18.5 Å². The molecule has 0 spiro atoms. The van der Waals surface area contributed by atoms with Gasteiger partial charge >= 0.3 is 0 Å². The molecule has 0 amide bonds. The van der Waals surface area contributed by atoms with Crippen LogP contribution in [0.5, 0.6) is 0 Å². The number of pyridine rings is 1. The van der Waals surface area contributed by atoms with Gasteiger partial charge in [-0.2, -0.15) is 0 Å². The summed E-state index contributed by atoms with van der Waals surface area (Å²) in [5.74, 6) is 1.15. The molecule has 0 bridgehead atoms. The Bertz CT molecular complexity index is 728. The normalized spacial score (nSPS) is 12.2. The summed E-state index contributed by atoms with van der Waals surface area (Å²) in [6, 6.07) is 22.5. The van der Waals surface area contributed by atoms with Gasteiger partial charge in [0.25, 0.3) is 0 Å². The van der Waals surface area contributed by atoms with Crippen LogP contribution < -0.4 is 5.32 Å². The van der Waals surface area contributed by atoms with Crippen molar-refractivity contribution in [1.29, 1.82) is 0 Å². The molecule has 0 saturated heterocycles. The summed E-state index contributed by atoms with van der Waals surface area (Å²) in [6.45, 7) is 0.947. The van der Waals surface area contributed by atoms with Gasteiger partial charge in [0, 0.05) is 24.5 Å². The van der Waals surface area contributed by atoms with E-state index < -0.39 is 0 Å². The molecule has 0 aliphatic rings. The fourth-order valence-electron chi connectivity index (χ4n) is 2.66. The molecule has 112 valence electrons. The Kier molecular flexibility index (Phi) is 4.66. The van der Waals surface area contributed by atoms with Gasteiger partial charge in [0.1, 0.15) is 5.82 Å². The second-order valence-electron chi connectivity index (χ2n) is 5.39. The molecule has 3 aromatic rings. The van der Waals surface area contributed by atoms with Gasteiger partial charge in [0.05, 0.1) is 5.52 Å². The summed E-state index contributed by atoms with van der Waals surface area (Å²) in [6.07, 6.45) is 0.741. The van der Waals surface area contributed by atoms with E-state index in [1.807, 2.05) is 42.5 Å². The van der Waals surface area contributed by atoms with Crippen molar-refractivity contribution in [3.8, 4) is 0 Å². The maximum Gasteiger partial charge on any atom is 0.126 e. The number of anilines is 1. The van der Waals surface area contributed by atoms with E-state index in [4.69, 9.17) is 0 Å². The van der Waals surface area contributed by atoms with Crippen LogP contribution in [0.25, 0.3) is 10.9 Å². The lowest BCUT2D eigenvalue weighted by Crippen LogP contribution is -2.14. The molecule has 2 N–H and O–H groups in total. The van der Waals surface area contributed by atoms with E-state index >= 15 is 0 Å². The number of rotatable bonds is 6. The van der Waals surface area contributed by atoms with Crippen LogP contribution in [0.1, 0.15) is 17.9 Å². The van der Waals surface area contributed by atoms with Crippen LogP contribution in [0.4, 0.5) is 5.82 Å². The molecule has 1 unspecified atom stereocenters. The number of aliphatic hydroxyl groups is 1. The molecule has 22 heavy (non-hydrogen) atoms. The Morgan fingerprint density at radius 2 is 1.68 bits per heavy atom. The number of nitrogens with zero attached hydrogens (tertiary/aromatic N) is 1. The molecule has 3 rings (SSSR count). The number of para-hydroxylation sites is 1. The zero-order valence-electron chi connectivity index (χ0n) is 12.4. The number of hydrogen-bond acceptors (Lipinski definition) is 3. The fourth-order valence-corrected chi connectivity index (χ4v) is 2.66. The first kappa shape index (κ1) is 14.5. The van der Waals surface area contributed by atoms with Crippen molar-refractivity contribution in [3.05, 3.63) is 72.3 Å².